The highest BCUT2D eigenvalue weighted by molar-refractivity contribution is 5.54. The molecule has 2 heterocycles. The molecule has 1 aromatic carbocycles. The predicted molar refractivity (Wildman–Crippen MR) is 58.9 cm³/mol. The first kappa shape index (κ1) is 9.78. The molecular weight excluding hydrogens is 206 g/mol. The normalized spacial score (nSPS) is 22.6. The van der Waals surface area contributed by atoms with Gasteiger partial charge in [-0.05, 0) is 49.5 Å². The molecule has 3 rings (SSSR count). The summed E-state index contributed by atoms with van der Waals surface area (Å²) in [6, 6.07) is 3.76. The van der Waals surface area contributed by atoms with E-state index in [2.05, 4.69) is 5.32 Å². The van der Waals surface area contributed by atoms with Crippen LogP contribution in [0.3, 0.4) is 0 Å². The molecule has 1 saturated heterocycles. The SMILES string of the molecule is Oc1cc(CC2CCNC2)cc2c1OCO2. The van der Waals surface area contributed by atoms with Gasteiger partial charge < -0.3 is 19.9 Å². The molecule has 0 radical (unpaired) electrons. The third kappa shape index (κ3) is 1.69. The molecule has 0 bridgehead atoms. The van der Waals surface area contributed by atoms with Crippen molar-refractivity contribution in [2.45, 2.75) is 12.8 Å². The van der Waals surface area contributed by atoms with Crippen LogP contribution in [-0.2, 0) is 6.42 Å². The second-order valence-corrected chi connectivity index (χ2v) is 4.41. The van der Waals surface area contributed by atoms with Crippen LogP contribution in [0.1, 0.15) is 12.0 Å². The number of hydrogen-bond donors (Lipinski definition) is 2. The molecule has 86 valence electrons. The number of fused-ring (bicyclic) bond motifs is 1. The van der Waals surface area contributed by atoms with Gasteiger partial charge in [-0.1, -0.05) is 0 Å². The van der Waals surface area contributed by atoms with Crippen molar-refractivity contribution in [1.29, 1.82) is 0 Å². The second kappa shape index (κ2) is 3.87. The highest BCUT2D eigenvalue weighted by Crippen LogP contribution is 2.41. The maximum absolute atomic E-state index is 9.77. The van der Waals surface area contributed by atoms with Crippen LogP contribution in [0.2, 0.25) is 0 Å². The Morgan fingerprint density at radius 2 is 2.31 bits per heavy atom. The van der Waals surface area contributed by atoms with Crippen LogP contribution in [0.25, 0.3) is 0 Å². The number of benzene rings is 1. The van der Waals surface area contributed by atoms with Crippen molar-refractivity contribution in [1.82, 2.24) is 5.32 Å². The smallest absolute Gasteiger partial charge is 0.231 e. The summed E-state index contributed by atoms with van der Waals surface area (Å²) in [6.45, 7) is 2.37. The standard InChI is InChI=1S/C12H15NO3/c14-10-4-9(3-8-1-2-13-6-8)5-11-12(10)16-7-15-11/h4-5,8,13-14H,1-3,6-7H2. The van der Waals surface area contributed by atoms with Crippen molar-refractivity contribution in [3.8, 4) is 17.2 Å². The Labute approximate surface area is 94.2 Å². The molecule has 1 fully saturated rings. The van der Waals surface area contributed by atoms with E-state index in [4.69, 9.17) is 9.47 Å². The summed E-state index contributed by atoms with van der Waals surface area (Å²) in [7, 11) is 0. The summed E-state index contributed by atoms with van der Waals surface area (Å²) >= 11 is 0. The zero-order chi connectivity index (χ0) is 11.0. The molecule has 0 aromatic heterocycles. The minimum Gasteiger partial charge on any atom is -0.504 e. The lowest BCUT2D eigenvalue weighted by Crippen LogP contribution is -2.10. The van der Waals surface area contributed by atoms with E-state index >= 15 is 0 Å². The average molecular weight is 221 g/mol. The molecule has 4 heteroatoms. The highest BCUT2D eigenvalue weighted by Gasteiger charge is 2.21. The first-order valence-corrected chi connectivity index (χ1v) is 5.65. The predicted octanol–water partition coefficient (Wildman–Crippen LogP) is 1.27. The first-order valence-electron chi connectivity index (χ1n) is 5.65. The fraction of sp³-hybridized carbons (Fsp3) is 0.500. The molecule has 2 aliphatic rings. The number of rotatable bonds is 2. The third-order valence-corrected chi connectivity index (χ3v) is 3.20. The van der Waals surface area contributed by atoms with Gasteiger partial charge in [0, 0.05) is 0 Å². The zero-order valence-electron chi connectivity index (χ0n) is 9.03. The van der Waals surface area contributed by atoms with Crippen molar-refractivity contribution < 1.29 is 14.6 Å². The summed E-state index contributed by atoms with van der Waals surface area (Å²) in [5.41, 5.74) is 1.12. The Morgan fingerprint density at radius 3 is 3.12 bits per heavy atom. The molecule has 2 N–H and O–H groups in total. The number of ether oxygens (including phenoxy) is 2. The maximum atomic E-state index is 9.77. The van der Waals surface area contributed by atoms with Gasteiger partial charge in [0.25, 0.3) is 0 Å². The number of aromatic hydroxyl groups is 1. The molecule has 0 amide bonds. The first-order chi connectivity index (χ1) is 7.83. The fourth-order valence-electron chi connectivity index (χ4n) is 2.39. The Bertz CT molecular complexity index is 399. The van der Waals surface area contributed by atoms with E-state index in [1.165, 1.54) is 6.42 Å². The van der Waals surface area contributed by atoms with E-state index in [1.807, 2.05) is 6.07 Å². The Kier molecular flexibility index (Phi) is 2.36. The van der Waals surface area contributed by atoms with Crippen molar-refractivity contribution in [3.05, 3.63) is 17.7 Å². The fourth-order valence-corrected chi connectivity index (χ4v) is 2.39. The van der Waals surface area contributed by atoms with Gasteiger partial charge in [0.05, 0.1) is 0 Å². The van der Waals surface area contributed by atoms with Gasteiger partial charge in [0.1, 0.15) is 0 Å². The Hall–Kier alpha value is -1.42. The van der Waals surface area contributed by atoms with Gasteiger partial charge in [-0.2, -0.15) is 0 Å². The van der Waals surface area contributed by atoms with Gasteiger partial charge in [-0.15, -0.1) is 0 Å². The van der Waals surface area contributed by atoms with Gasteiger partial charge in [0.2, 0.25) is 12.5 Å². The molecule has 0 spiro atoms. The lowest BCUT2D eigenvalue weighted by Gasteiger charge is -2.09. The summed E-state index contributed by atoms with van der Waals surface area (Å²) in [4.78, 5) is 0. The lowest BCUT2D eigenvalue weighted by atomic mass is 9.98. The minimum atomic E-state index is 0.191. The topological polar surface area (TPSA) is 50.7 Å². The van der Waals surface area contributed by atoms with Crippen LogP contribution in [0, 0.1) is 5.92 Å². The molecule has 16 heavy (non-hydrogen) atoms. The molecule has 0 saturated carbocycles. The average Bonchev–Trinajstić information content (AvgIpc) is 2.87. The monoisotopic (exact) mass is 221 g/mol. The van der Waals surface area contributed by atoms with Crippen LogP contribution >= 0.6 is 0 Å². The van der Waals surface area contributed by atoms with Crippen LogP contribution in [0.5, 0.6) is 17.2 Å². The van der Waals surface area contributed by atoms with Crippen molar-refractivity contribution in [3.63, 3.8) is 0 Å². The van der Waals surface area contributed by atoms with Gasteiger partial charge in [-0.25, -0.2) is 0 Å². The van der Waals surface area contributed by atoms with Gasteiger partial charge in [-0.3, -0.25) is 0 Å². The molecule has 1 unspecified atom stereocenters. The number of nitrogens with one attached hydrogen (secondary N) is 1. The maximum Gasteiger partial charge on any atom is 0.231 e. The molecular formula is C12H15NO3. The van der Waals surface area contributed by atoms with Crippen LogP contribution in [0.15, 0.2) is 12.1 Å². The van der Waals surface area contributed by atoms with E-state index in [9.17, 15) is 5.11 Å². The summed E-state index contributed by atoms with van der Waals surface area (Å²) in [5, 5.41) is 13.1. The summed E-state index contributed by atoms with van der Waals surface area (Å²) in [6.07, 6.45) is 2.19. The minimum absolute atomic E-state index is 0.191. The number of phenolic OH excluding ortho intramolecular Hbond substituents is 1. The van der Waals surface area contributed by atoms with E-state index in [0.29, 0.717) is 17.4 Å². The number of phenols is 1. The summed E-state index contributed by atoms with van der Waals surface area (Å²) in [5.74, 6) is 2.00. The van der Waals surface area contributed by atoms with E-state index < -0.39 is 0 Å². The number of hydrogen-bond acceptors (Lipinski definition) is 4. The van der Waals surface area contributed by atoms with Gasteiger partial charge in [0.15, 0.2) is 11.5 Å². The molecule has 4 nitrogen and oxygen atoms in total. The molecule has 0 aliphatic carbocycles. The van der Waals surface area contributed by atoms with Crippen molar-refractivity contribution in [2.75, 3.05) is 19.9 Å². The Morgan fingerprint density at radius 1 is 1.38 bits per heavy atom. The van der Waals surface area contributed by atoms with Crippen molar-refractivity contribution >= 4 is 0 Å². The van der Waals surface area contributed by atoms with Crippen LogP contribution < -0.4 is 14.8 Å². The lowest BCUT2D eigenvalue weighted by molar-refractivity contribution is 0.171. The largest absolute Gasteiger partial charge is 0.504 e. The molecule has 2 aliphatic heterocycles. The van der Waals surface area contributed by atoms with Crippen molar-refractivity contribution in [2.24, 2.45) is 5.92 Å². The van der Waals surface area contributed by atoms with E-state index in [0.717, 1.165) is 25.1 Å². The molecule has 1 atom stereocenters. The van der Waals surface area contributed by atoms with Crippen LogP contribution in [-0.4, -0.2) is 25.0 Å². The summed E-state index contributed by atoms with van der Waals surface area (Å²) < 4.78 is 10.5. The third-order valence-electron chi connectivity index (χ3n) is 3.20. The Balaban J connectivity index is 1.82. The van der Waals surface area contributed by atoms with Gasteiger partial charge >= 0.3 is 0 Å². The van der Waals surface area contributed by atoms with Crippen LogP contribution in [0.4, 0.5) is 0 Å². The van der Waals surface area contributed by atoms with E-state index in [-0.39, 0.29) is 12.5 Å². The zero-order valence-corrected chi connectivity index (χ0v) is 9.03. The molecule has 1 aromatic rings. The second-order valence-electron chi connectivity index (χ2n) is 4.41. The highest BCUT2D eigenvalue weighted by atomic mass is 16.7. The quantitative estimate of drug-likeness (QED) is 0.789. The van der Waals surface area contributed by atoms with E-state index in [1.54, 1.807) is 6.07 Å².